The maximum absolute atomic E-state index is 14.0. The van der Waals surface area contributed by atoms with Gasteiger partial charge in [-0.3, -0.25) is 4.79 Å². The van der Waals surface area contributed by atoms with Crippen molar-refractivity contribution in [3.63, 3.8) is 0 Å². The first-order chi connectivity index (χ1) is 11.4. The molecule has 7 heteroatoms. The van der Waals surface area contributed by atoms with Crippen LogP contribution in [0.3, 0.4) is 0 Å². The molecule has 122 valence electrons. The van der Waals surface area contributed by atoms with Crippen LogP contribution in [0, 0.1) is 18.6 Å². The normalized spacial score (nSPS) is 10.6. The van der Waals surface area contributed by atoms with E-state index < -0.39 is 23.2 Å². The molecule has 0 radical (unpaired) electrons. The van der Waals surface area contributed by atoms with E-state index in [-0.39, 0.29) is 16.9 Å². The van der Waals surface area contributed by atoms with E-state index in [2.05, 4.69) is 15.6 Å². The summed E-state index contributed by atoms with van der Waals surface area (Å²) < 4.78 is 27.5. The van der Waals surface area contributed by atoms with Crippen LogP contribution in [-0.2, 0) is 0 Å². The van der Waals surface area contributed by atoms with Gasteiger partial charge in [-0.15, -0.1) is 0 Å². The van der Waals surface area contributed by atoms with Gasteiger partial charge >= 0.3 is 6.03 Å². The predicted molar refractivity (Wildman–Crippen MR) is 88.3 cm³/mol. The predicted octanol–water partition coefficient (Wildman–Crippen LogP) is 3.76. The molecule has 0 saturated heterocycles. The zero-order valence-corrected chi connectivity index (χ0v) is 12.6. The second kappa shape index (κ2) is 6.11. The van der Waals surface area contributed by atoms with E-state index in [9.17, 15) is 18.4 Å². The second-order valence-corrected chi connectivity index (χ2v) is 5.29. The van der Waals surface area contributed by atoms with Crippen LogP contribution in [0.2, 0.25) is 0 Å². The van der Waals surface area contributed by atoms with Gasteiger partial charge < -0.3 is 15.6 Å². The lowest BCUT2D eigenvalue weighted by Crippen LogP contribution is -2.19. The van der Waals surface area contributed by atoms with E-state index >= 15 is 0 Å². The fraction of sp³-hybridized carbons (Fsp3) is 0.0588. The van der Waals surface area contributed by atoms with E-state index in [1.54, 1.807) is 13.0 Å². The Morgan fingerprint density at radius 3 is 2.42 bits per heavy atom. The lowest BCUT2D eigenvalue weighted by molar-refractivity contribution is 0.262. The molecule has 0 atom stereocenters. The number of anilines is 2. The smallest absolute Gasteiger partial charge is 0.319 e. The molecule has 1 aromatic heterocycles. The van der Waals surface area contributed by atoms with Crippen LogP contribution < -0.4 is 16.2 Å². The summed E-state index contributed by atoms with van der Waals surface area (Å²) in [5.41, 5.74) is 0.597. The number of aromatic amines is 1. The molecule has 0 unspecified atom stereocenters. The van der Waals surface area contributed by atoms with Crippen molar-refractivity contribution in [2.45, 2.75) is 6.92 Å². The lowest BCUT2D eigenvalue weighted by Gasteiger charge is -2.09. The zero-order valence-electron chi connectivity index (χ0n) is 12.6. The molecule has 24 heavy (non-hydrogen) atoms. The molecule has 0 spiro atoms. The molecule has 3 N–H and O–H groups in total. The fourth-order valence-corrected chi connectivity index (χ4v) is 2.26. The van der Waals surface area contributed by atoms with E-state index in [4.69, 9.17) is 0 Å². The topological polar surface area (TPSA) is 74.0 Å². The van der Waals surface area contributed by atoms with E-state index in [0.29, 0.717) is 10.9 Å². The standard InChI is InChI=1S/C17H13F2N3O2/c1-9-2-4-11(7-13(9)18)20-17(24)21-12-6-10-3-5-15(23)22-16(10)14(19)8-12/h2-8H,1H3,(H,22,23)(H2,20,21,24). The Morgan fingerprint density at radius 2 is 1.67 bits per heavy atom. The van der Waals surface area contributed by atoms with Gasteiger partial charge in [0.25, 0.3) is 0 Å². The molecule has 0 fully saturated rings. The number of aromatic nitrogens is 1. The average molecular weight is 329 g/mol. The minimum absolute atomic E-state index is 0.0639. The van der Waals surface area contributed by atoms with Crippen LogP contribution in [0.15, 0.2) is 47.3 Å². The monoisotopic (exact) mass is 329 g/mol. The SMILES string of the molecule is Cc1ccc(NC(=O)Nc2cc(F)c3[nH]c(=O)ccc3c2)cc1F. The Labute approximate surface area is 135 Å². The molecular weight excluding hydrogens is 316 g/mol. The Bertz CT molecular complexity index is 999. The van der Waals surface area contributed by atoms with Crippen molar-refractivity contribution in [2.24, 2.45) is 0 Å². The number of carbonyl (C=O) groups is 1. The highest BCUT2D eigenvalue weighted by Crippen LogP contribution is 2.20. The molecular formula is C17H13F2N3O2. The summed E-state index contributed by atoms with van der Waals surface area (Å²) in [4.78, 5) is 25.6. The highest BCUT2D eigenvalue weighted by molar-refractivity contribution is 6.01. The summed E-state index contributed by atoms with van der Waals surface area (Å²) in [6.07, 6.45) is 0. The second-order valence-electron chi connectivity index (χ2n) is 5.29. The summed E-state index contributed by atoms with van der Waals surface area (Å²) in [7, 11) is 0. The van der Waals surface area contributed by atoms with Crippen molar-refractivity contribution in [1.82, 2.24) is 4.98 Å². The summed E-state index contributed by atoms with van der Waals surface area (Å²) in [6.45, 7) is 1.61. The van der Waals surface area contributed by atoms with Gasteiger partial charge in [0.15, 0.2) is 0 Å². The minimum Gasteiger partial charge on any atom is -0.319 e. The Hall–Kier alpha value is -3.22. The van der Waals surface area contributed by atoms with Crippen molar-refractivity contribution in [3.05, 3.63) is 70.0 Å². The van der Waals surface area contributed by atoms with E-state index in [1.165, 1.54) is 30.3 Å². The van der Waals surface area contributed by atoms with Crippen molar-refractivity contribution >= 4 is 28.3 Å². The first-order valence-corrected chi connectivity index (χ1v) is 7.09. The Kier molecular flexibility index (Phi) is 3.99. The van der Waals surface area contributed by atoms with E-state index in [1.807, 2.05) is 0 Å². The molecule has 2 aromatic carbocycles. The molecule has 2 amide bonds. The van der Waals surface area contributed by atoms with E-state index in [0.717, 1.165) is 6.07 Å². The third kappa shape index (κ3) is 3.24. The molecule has 0 bridgehead atoms. The van der Waals surface area contributed by atoms with Gasteiger partial charge in [0, 0.05) is 22.8 Å². The maximum Gasteiger partial charge on any atom is 0.323 e. The van der Waals surface area contributed by atoms with Gasteiger partial charge in [0.05, 0.1) is 5.52 Å². The van der Waals surface area contributed by atoms with Gasteiger partial charge in [0.1, 0.15) is 11.6 Å². The van der Waals surface area contributed by atoms with Crippen molar-refractivity contribution in [2.75, 3.05) is 10.6 Å². The molecule has 0 aliphatic heterocycles. The van der Waals surface area contributed by atoms with Crippen LogP contribution in [0.1, 0.15) is 5.56 Å². The number of urea groups is 1. The molecule has 3 aromatic rings. The number of benzene rings is 2. The van der Waals surface area contributed by atoms with Gasteiger partial charge in [0.2, 0.25) is 5.56 Å². The Morgan fingerprint density at radius 1 is 0.958 bits per heavy atom. The molecule has 0 saturated carbocycles. The van der Waals surface area contributed by atoms with Crippen LogP contribution in [0.25, 0.3) is 10.9 Å². The molecule has 0 aliphatic rings. The number of hydrogen-bond acceptors (Lipinski definition) is 2. The number of pyridine rings is 1. The van der Waals surface area contributed by atoms with Crippen LogP contribution in [0.4, 0.5) is 25.0 Å². The third-order valence-electron chi connectivity index (χ3n) is 3.47. The fourth-order valence-electron chi connectivity index (χ4n) is 2.26. The summed E-state index contributed by atoms with van der Waals surface area (Å²) in [6, 6.07) is 8.98. The number of aryl methyl sites for hydroxylation is 1. The van der Waals surface area contributed by atoms with Crippen molar-refractivity contribution in [1.29, 1.82) is 0 Å². The zero-order chi connectivity index (χ0) is 17.3. The number of rotatable bonds is 2. The summed E-state index contributed by atoms with van der Waals surface area (Å²) >= 11 is 0. The molecule has 1 heterocycles. The third-order valence-corrected chi connectivity index (χ3v) is 3.47. The first kappa shape index (κ1) is 15.7. The highest BCUT2D eigenvalue weighted by Gasteiger charge is 2.09. The molecule has 3 rings (SSSR count). The first-order valence-electron chi connectivity index (χ1n) is 7.09. The van der Waals surface area contributed by atoms with Crippen LogP contribution in [-0.4, -0.2) is 11.0 Å². The molecule has 5 nitrogen and oxygen atoms in total. The van der Waals surface area contributed by atoms with Gasteiger partial charge in [-0.25, -0.2) is 13.6 Å². The lowest BCUT2D eigenvalue weighted by atomic mass is 10.2. The van der Waals surface area contributed by atoms with Gasteiger partial charge in [-0.2, -0.15) is 0 Å². The highest BCUT2D eigenvalue weighted by atomic mass is 19.1. The summed E-state index contributed by atoms with van der Waals surface area (Å²) in [5, 5.41) is 5.37. The number of halogens is 2. The number of fused-ring (bicyclic) bond motifs is 1. The Balaban J connectivity index is 1.81. The quantitative estimate of drug-likeness (QED) is 0.670. The molecule has 0 aliphatic carbocycles. The van der Waals surface area contributed by atoms with Crippen LogP contribution >= 0.6 is 0 Å². The van der Waals surface area contributed by atoms with Gasteiger partial charge in [-0.1, -0.05) is 6.07 Å². The number of nitrogens with one attached hydrogen (secondary N) is 3. The summed E-state index contributed by atoms with van der Waals surface area (Å²) in [5.74, 6) is -1.10. The van der Waals surface area contributed by atoms with Gasteiger partial charge in [-0.05, 0) is 42.8 Å². The van der Waals surface area contributed by atoms with Crippen LogP contribution in [0.5, 0.6) is 0 Å². The number of carbonyl (C=O) groups excluding carboxylic acids is 1. The van der Waals surface area contributed by atoms with Crippen molar-refractivity contribution < 1.29 is 13.6 Å². The maximum atomic E-state index is 14.0. The minimum atomic E-state index is -0.665. The average Bonchev–Trinajstić information content (AvgIpc) is 2.52. The number of hydrogen-bond donors (Lipinski definition) is 3. The van der Waals surface area contributed by atoms with Crippen molar-refractivity contribution in [3.8, 4) is 0 Å². The largest absolute Gasteiger partial charge is 0.323 e. The number of H-pyrrole nitrogens is 1. The number of amides is 2.